The second kappa shape index (κ2) is 11.4. The lowest BCUT2D eigenvalue weighted by molar-refractivity contribution is -0.163. The van der Waals surface area contributed by atoms with Crippen LogP contribution in [0.2, 0.25) is 0 Å². The number of benzene rings is 6. The molecule has 0 radical (unpaired) electrons. The third kappa shape index (κ3) is 4.66. The Hall–Kier alpha value is -5.74. The van der Waals surface area contributed by atoms with Gasteiger partial charge in [-0.25, -0.2) is 0 Å². The number of hydrogen-bond acceptors (Lipinski definition) is 4. The lowest BCUT2D eigenvalue weighted by Gasteiger charge is -2.32. The molecule has 2 aliphatic rings. The van der Waals surface area contributed by atoms with Crippen molar-refractivity contribution >= 4 is 33.5 Å². The Bertz CT molecular complexity index is 2520. The van der Waals surface area contributed by atoms with E-state index in [1.807, 2.05) is 71.9 Å². The van der Waals surface area contributed by atoms with E-state index in [2.05, 4.69) is 92.0 Å². The minimum atomic E-state index is -1.16. The van der Waals surface area contributed by atoms with Crippen molar-refractivity contribution in [1.82, 2.24) is 0 Å². The van der Waals surface area contributed by atoms with Gasteiger partial charge in [0.25, 0.3) is 0 Å². The largest absolute Gasteiger partial charge is 0.444 e. The number of ether oxygens (including phenoxy) is 2. The zero-order chi connectivity index (χ0) is 36.8. The maximum atomic E-state index is 13.6. The fraction of sp³-hybridized carbons (Fsp3) is 0.208. The van der Waals surface area contributed by atoms with E-state index in [4.69, 9.17) is 9.47 Å². The molecule has 0 aliphatic heterocycles. The highest BCUT2D eigenvalue weighted by molar-refractivity contribution is 6.09. The lowest BCUT2D eigenvalue weighted by Crippen LogP contribution is -2.35. The van der Waals surface area contributed by atoms with Gasteiger partial charge in [0, 0.05) is 22.3 Å². The highest BCUT2D eigenvalue weighted by Gasteiger charge is 2.48. The van der Waals surface area contributed by atoms with Gasteiger partial charge in [-0.05, 0) is 115 Å². The Morgan fingerprint density at radius 1 is 0.538 bits per heavy atom. The van der Waals surface area contributed by atoms with Crippen molar-refractivity contribution in [2.45, 2.75) is 52.7 Å². The molecule has 0 saturated heterocycles. The molecule has 6 aromatic carbocycles. The van der Waals surface area contributed by atoms with Gasteiger partial charge in [0.2, 0.25) is 0 Å². The summed E-state index contributed by atoms with van der Waals surface area (Å²) in [6, 6.07) is 37.6. The maximum Gasteiger partial charge on any atom is 0.312 e. The molecule has 2 aliphatic carbocycles. The first-order valence-electron chi connectivity index (χ1n) is 17.8. The summed E-state index contributed by atoms with van der Waals surface area (Å²) in [5.74, 6) is -0.589. The van der Waals surface area contributed by atoms with Crippen LogP contribution < -0.4 is 0 Å². The minimum Gasteiger partial charge on any atom is -0.444 e. The van der Waals surface area contributed by atoms with E-state index in [1.54, 1.807) is 12.2 Å². The van der Waals surface area contributed by atoms with Gasteiger partial charge in [0.05, 0.1) is 10.8 Å². The van der Waals surface area contributed by atoms with Gasteiger partial charge in [0.15, 0.2) is 11.2 Å². The highest BCUT2D eigenvalue weighted by atomic mass is 16.6. The SMILES string of the molecule is C=CC1(OC(=O)C(C)(C)C)c2ccccc2-c2c1ccc1c(-c3ccc4c(c3)-c3ccc5ccccc5c3C4(C=C)OC(=O)C(C)(C)C)cccc21. The molecule has 0 aromatic heterocycles. The maximum absolute atomic E-state index is 13.6. The van der Waals surface area contributed by atoms with Crippen molar-refractivity contribution in [1.29, 1.82) is 0 Å². The summed E-state index contributed by atoms with van der Waals surface area (Å²) in [6.07, 6.45) is 3.54. The highest BCUT2D eigenvalue weighted by Crippen LogP contribution is 2.56. The van der Waals surface area contributed by atoms with E-state index in [9.17, 15) is 9.59 Å². The van der Waals surface area contributed by atoms with Crippen molar-refractivity contribution in [3.8, 4) is 33.4 Å². The standard InChI is InChI=1S/C48H42O4/c1-9-47(51-43(49)45(3,4)5)38-21-14-13-18-36(38)41-34-20-15-19-31(33(34)25-27-40(41)47)30-23-26-39-37(28-30)35-24-22-29-16-11-12-17-32(29)42(35)48(39,10-2)52-44(50)46(6,7)8/h9-28H,1-2H2,3-8H3. The predicted molar refractivity (Wildman–Crippen MR) is 211 cm³/mol. The molecule has 0 N–H and O–H groups in total. The zero-order valence-electron chi connectivity index (χ0n) is 30.6. The molecule has 52 heavy (non-hydrogen) atoms. The van der Waals surface area contributed by atoms with Gasteiger partial charge in [-0.3, -0.25) is 9.59 Å². The summed E-state index contributed by atoms with van der Waals surface area (Å²) in [5.41, 5.74) is 6.14. The average Bonchev–Trinajstić information content (AvgIpc) is 3.58. The molecule has 258 valence electrons. The van der Waals surface area contributed by atoms with E-state index in [-0.39, 0.29) is 11.9 Å². The summed E-state index contributed by atoms with van der Waals surface area (Å²) in [5, 5.41) is 4.23. The minimum absolute atomic E-state index is 0.293. The molecule has 6 aromatic rings. The van der Waals surface area contributed by atoms with Crippen molar-refractivity contribution in [3.63, 3.8) is 0 Å². The summed E-state index contributed by atoms with van der Waals surface area (Å²) in [4.78, 5) is 27.1. The van der Waals surface area contributed by atoms with Gasteiger partial charge in [0.1, 0.15) is 0 Å². The number of fused-ring (bicyclic) bond motifs is 10. The van der Waals surface area contributed by atoms with Crippen LogP contribution in [-0.2, 0) is 30.3 Å². The van der Waals surface area contributed by atoms with Crippen LogP contribution in [0.25, 0.3) is 54.9 Å². The smallest absolute Gasteiger partial charge is 0.312 e. The van der Waals surface area contributed by atoms with Crippen LogP contribution in [0, 0.1) is 10.8 Å². The van der Waals surface area contributed by atoms with Crippen LogP contribution in [0.15, 0.2) is 135 Å². The Balaban J connectivity index is 1.34. The fourth-order valence-corrected chi connectivity index (χ4v) is 8.00. The van der Waals surface area contributed by atoms with E-state index in [0.717, 1.165) is 77.2 Å². The van der Waals surface area contributed by atoms with Crippen LogP contribution in [-0.4, -0.2) is 11.9 Å². The first kappa shape index (κ1) is 33.4. The molecule has 8 rings (SSSR count). The first-order valence-corrected chi connectivity index (χ1v) is 17.8. The summed E-state index contributed by atoms with van der Waals surface area (Å²) in [7, 11) is 0. The Kier molecular flexibility index (Phi) is 7.31. The van der Waals surface area contributed by atoms with Crippen LogP contribution in [0.3, 0.4) is 0 Å². The molecule has 0 spiro atoms. The van der Waals surface area contributed by atoms with Gasteiger partial charge in [-0.1, -0.05) is 116 Å². The van der Waals surface area contributed by atoms with E-state index >= 15 is 0 Å². The van der Waals surface area contributed by atoms with Crippen molar-refractivity contribution < 1.29 is 19.1 Å². The molecular formula is C48H42O4. The third-order valence-corrected chi connectivity index (χ3v) is 10.7. The number of hydrogen-bond donors (Lipinski definition) is 0. The Morgan fingerprint density at radius 2 is 1.13 bits per heavy atom. The van der Waals surface area contributed by atoms with Gasteiger partial charge in [-0.15, -0.1) is 0 Å². The van der Waals surface area contributed by atoms with Crippen molar-refractivity contribution in [2.24, 2.45) is 10.8 Å². The number of carbonyl (C=O) groups excluding carboxylic acids is 2. The molecule has 0 heterocycles. The van der Waals surface area contributed by atoms with Crippen LogP contribution in [0.5, 0.6) is 0 Å². The molecule has 4 heteroatoms. The van der Waals surface area contributed by atoms with Crippen molar-refractivity contribution in [2.75, 3.05) is 0 Å². The van der Waals surface area contributed by atoms with Crippen LogP contribution in [0.1, 0.15) is 63.8 Å². The molecule has 2 unspecified atom stereocenters. The number of esters is 2. The predicted octanol–water partition coefficient (Wildman–Crippen LogP) is 11.7. The van der Waals surface area contributed by atoms with E-state index in [1.165, 1.54) is 0 Å². The summed E-state index contributed by atoms with van der Waals surface area (Å²) >= 11 is 0. The van der Waals surface area contributed by atoms with Gasteiger partial charge >= 0.3 is 11.9 Å². The second-order valence-corrected chi connectivity index (χ2v) is 16.1. The third-order valence-electron chi connectivity index (χ3n) is 10.7. The first-order chi connectivity index (χ1) is 24.7. The molecule has 0 fully saturated rings. The van der Waals surface area contributed by atoms with Crippen LogP contribution in [0.4, 0.5) is 0 Å². The lowest BCUT2D eigenvalue weighted by atomic mass is 9.86. The molecule has 0 amide bonds. The average molecular weight is 683 g/mol. The Morgan fingerprint density at radius 3 is 1.85 bits per heavy atom. The molecule has 2 atom stereocenters. The second-order valence-electron chi connectivity index (χ2n) is 16.1. The zero-order valence-corrected chi connectivity index (χ0v) is 30.6. The summed E-state index contributed by atoms with van der Waals surface area (Å²) < 4.78 is 13.0. The van der Waals surface area contributed by atoms with Crippen molar-refractivity contribution in [3.05, 3.63) is 157 Å². The number of rotatable bonds is 5. The van der Waals surface area contributed by atoms with Crippen LogP contribution >= 0.6 is 0 Å². The van der Waals surface area contributed by atoms with Gasteiger partial charge < -0.3 is 9.47 Å². The summed E-state index contributed by atoms with van der Waals surface area (Å²) in [6.45, 7) is 19.7. The normalized spacial score (nSPS) is 18.7. The molecule has 0 saturated carbocycles. The number of carbonyl (C=O) groups is 2. The topological polar surface area (TPSA) is 52.6 Å². The molecular weight excluding hydrogens is 641 g/mol. The van der Waals surface area contributed by atoms with Gasteiger partial charge in [-0.2, -0.15) is 0 Å². The van der Waals surface area contributed by atoms with E-state index < -0.39 is 22.0 Å². The van der Waals surface area contributed by atoms with E-state index in [0.29, 0.717) is 0 Å². The quantitative estimate of drug-likeness (QED) is 0.134. The molecule has 4 nitrogen and oxygen atoms in total. The Labute approximate surface area is 305 Å². The monoisotopic (exact) mass is 682 g/mol. The molecule has 0 bridgehead atoms. The fourth-order valence-electron chi connectivity index (χ4n) is 8.00.